The summed E-state index contributed by atoms with van der Waals surface area (Å²) in [7, 11) is -2.00. The molecule has 0 spiro atoms. The Morgan fingerprint density at radius 2 is 2.00 bits per heavy atom. The third kappa shape index (κ3) is 2.66. The van der Waals surface area contributed by atoms with Gasteiger partial charge in [0.05, 0.1) is 22.8 Å². The maximum absolute atomic E-state index is 12.4. The van der Waals surface area contributed by atoms with Gasteiger partial charge in [-0.05, 0) is 32.0 Å². The Morgan fingerprint density at radius 3 is 2.55 bits per heavy atom. The fraction of sp³-hybridized carbons (Fsp3) is 0.250. The molecule has 2 aromatic rings. The fourth-order valence-electron chi connectivity index (χ4n) is 1.85. The SMILES string of the molecule is Cc1nn(C)c(C)c1NS(=O)(=O)c1cc(Br)ccc1N. The Bertz CT molecular complexity index is 768. The number of hydrogen-bond acceptors (Lipinski definition) is 4. The Morgan fingerprint density at radius 1 is 1.35 bits per heavy atom. The van der Waals surface area contributed by atoms with Crippen LogP contribution in [0.1, 0.15) is 11.4 Å². The normalized spacial score (nSPS) is 11.6. The molecule has 20 heavy (non-hydrogen) atoms. The van der Waals surface area contributed by atoms with Crippen molar-refractivity contribution in [1.82, 2.24) is 9.78 Å². The van der Waals surface area contributed by atoms with Gasteiger partial charge in [-0.25, -0.2) is 8.42 Å². The maximum atomic E-state index is 12.4. The minimum absolute atomic E-state index is 0.0366. The molecule has 1 heterocycles. The fourth-order valence-corrected chi connectivity index (χ4v) is 3.70. The first-order valence-corrected chi connectivity index (χ1v) is 8.08. The van der Waals surface area contributed by atoms with Crippen molar-refractivity contribution in [1.29, 1.82) is 0 Å². The van der Waals surface area contributed by atoms with Gasteiger partial charge in [-0.1, -0.05) is 15.9 Å². The van der Waals surface area contributed by atoms with E-state index in [0.29, 0.717) is 15.9 Å². The molecule has 0 aliphatic heterocycles. The molecular formula is C12H15BrN4O2S. The average Bonchev–Trinajstić information content (AvgIpc) is 2.59. The number of nitrogen functional groups attached to an aromatic ring is 1. The molecule has 0 fully saturated rings. The number of nitrogens with two attached hydrogens (primary N) is 1. The zero-order chi connectivity index (χ0) is 15.1. The Hall–Kier alpha value is -1.54. The van der Waals surface area contributed by atoms with Crippen LogP contribution < -0.4 is 10.5 Å². The lowest BCUT2D eigenvalue weighted by Crippen LogP contribution is -2.16. The molecule has 0 saturated heterocycles. The quantitative estimate of drug-likeness (QED) is 0.822. The number of rotatable bonds is 3. The standard InChI is InChI=1S/C12H15BrN4O2S/c1-7-12(8(2)17(3)15-7)16-20(18,19)11-6-9(13)4-5-10(11)14/h4-6,16H,14H2,1-3H3. The number of halogens is 1. The summed E-state index contributed by atoms with van der Waals surface area (Å²) in [5.41, 5.74) is 7.77. The first-order chi connectivity index (χ1) is 9.22. The van der Waals surface area contributed by atoms with E-state index in [0.717, 1.165) is 5.69 Å². The third-order valence-electron chi connectivity index (χ3n) is 3.01. The lowest BCUT2D eigenvalue weighted by Gasteiger charge is -2.11. The average molecular weight is 359 g/mol. The van der Waals surface area contributed by atoms with Gasteiger partial charge < -0.3 is 5.73 Å². The van der Waals surface area contributed by atoms with E-state index in [1.165, 1.54) is 6.07 Å². The number of benzene rings is 1. The van der Waals surface area contributed by atoms with Gasteiger partial charge in [0.2, 0.25) is 0 Å². The van der Waals surface area contributed by atoms with Crippen LogP contribution in [0.2, 0.25) is 0 Å². The summed E-state index contributed by atoms with van der Waals surface area (Å²) in [6.07, 6.45) is 0. The van der Waals surface area contributed by atoms with Crippen LogP contribution in [-0.4, -0.2) is 18.2 Å². The molecule has 0 radical (unpaired) electrons. The molecule has 0 saturated carbocycles. The van der Waals surface area contributed by atoms with Crippen molar-refractivity contribution >= 4 is 37.3 Å². The van der Waals surface area contributed by atoms with Crippen molar-refractivity contribution < 1.29 is 8.42 Å². The van der Waals surface area contributed by atoms with Gasteiger partial charge in [0.25, 0.3) is 10.0 Å². The molecule has 2 rings (SSSR count). The summed E-state index contributed by atoms with van der Waals surface area (Å²) < 4.78 is 29.7. The highest BCUT2D eigenvalue weighted by atomic mass is 79.9. The second kappa shape index (κ2) is 5.10. The highest BCUT2D eigenvalue weighted by Gasteiger charge is 2.21. The third-order valence-corrected chi connectivity index (χ3v) is 4.91. The zero-order valence-electron chi connectivity index (χ0n) is 11.3. The highest BCUT2D eigenvalue weighted by molar-refractivity contribution is 9.10. The van der Waals surface area contributed by atoms with Crippen molar-refractivity contribution in [2.24, 2.45) is 7.05 Å². The number of aromatic nitrogens is 2. The summed E-state index contributed by atoms with van der Waals surface area (Å²) in [6.45, 7) is 3.54. The molecule has 0 atom stereocenters. The largest absolute Gasteiger partial charge is 0.398 e. The molecular weight excluding hydrogens is 344 g/mol. The van der Waals surface area contributed by atoms with E-state index >= 15 is 0 Å². The summed E-state index contributed by atoms with van der Waals surface area (Å²) >= 11 is 3.24. The van der Waals surface area contributed by atoms with Crippen LogP contribution in [-0.2, 0) is 17.1 Å². The van der Waals surface area contributed by atoms with E-state index in [9.17, 15) is 8.42 Å². The van der Waals surface area contributed by atoms with E-state index in [1.807, 2.05) is 0 Å². The van der Waals surface area contributed by atoms with Crippen LogP contribution in [0.4, 0.5) is 11.4 Å². The second-order valence-electron chi connectivity index (χ2n) is 4.46. The van der Waals surface area contributed by atoms with Crippen LogP contribution >= 0.6 is 15.9 Å². The number of sulfonamides is 1. The number of hydrogen-bond donors (Lipinski definition) is 2. The van der Waals surface area contributed by atoms with Gasteiger partial charge in [-0.3, -0.25) is 9.40 Å². The highest BCUT2D eigenvalue weighted by Crippen LogP contribution is 2.27. The van der Waals surface area contributed by atoms with Crippen molar-refractivity contribution in [3.63, 3.8) is 0 Å². The maximum Gasteiger partial charge on any atom is 0.264 e. The van der Waals surface area contributed by atoms with Gasteiger partial charge in [-0.15, -0.1) is 0 Å². The predicted molar refractivity (Wildman–Crippen MR) is 82.0 cm³/mol. The minimum Gasteiger partial charge on any atom is -0.398 e. The molecule has 1 aromatic carbocycles. The molecule has 0 amide bonds. The van der Waals surface area contributed by atoms with E-state index in [4.69, 9.17) is 5.73 Å². The summed E-state index contributed by atoms with van der Waals surface area (Å²) in [6, 6.07) is 4.70. The van der Waals surface area contributed by atoms with E-state index in [1.54, 1.807) is 37.7 Å². The number of nitrogens with one attached hydrogen (secondary N) is 1. The van der Waals surface area contributed by atoms with Gasteiger partial charge >= 0.3 is 0 Å². The first kappa shape index (κ1) is 14.9. The van der Waals surface area contributed by atoms with Crippen molar-refractivity contribution in [3.05, 3.63) is 34.1 Å². The van der Waals surface area contributed by atoms with Gasteiger partial charge in [0.15, 0.2) is 0 Å². The smallest absolute Gasteiger partial charge is 0.264 e. The molecule has 6 nitrogen and oxygen atoms in total. The summed E-state index contributed by atoms with van der Waals surface area (Å²) in [5, 5.41) is 4.18. The predicted octanol–water partition coefficient (Wildman–Crippen LogP) is 2.18. The molecule has 0 bridgehead atoms. The monoisotopic (exact) mass is 358 g/mol. The molecule has 108 valence electrons. The first-order valence-electron chi connectivity index (χ1n) is 5.80. The van der Waals surface area contributed by atoms with Crippen LogP contribution in [0.5, 0.6) is 0 Å². The second-order valence-corrected chi connectivity index (χ2v) is 7.02. The van der Waals surface area contributed by atoms with Gasteiger partial charge in [0.1, 0.15) is 4.90 Å². The van der Waals surface area contributed by atoms with Crippen LogP contribution in [0.25, 0.3) is 0 Å². The lowest BCUT2D eigenvalue weighted by atomic mass is 10.3. The Labute approximate surface area is 126 Å². The van der Waals surface area contributed by atoms with E-state index < -0.39 is 10.0 Å². The van der Waals surface area contributed by atoms with E-state index in [2.05, 4.69) is 25.8 Å². The van der Waals surface area contributed by atoms with E-state index in [-0.39, 0.29) is 10.6 Å². The molecule has 0 aliphatic carbocycles. The van der Waals surface area contributed by atoms with Gasteiger partial charge in [-0.2, -0.15) is 5.10 Å². The summed E-state index contributed by atoms with van der Waals surface area (Å²) in [5.74, 6) is 0. The van der Waals surface area contributed by atoms with Crippen LogP contribution in [0.15, 0.2) is 27.6 Å². The number of aryl methyl sites for hydroxylation is 2. The Kier molecular flexibility index (Phi) is 3.79. The Balaban J connectivity index is 2.49. The topological polar surface area (TPSA) is 90.0 Å². The number of anilines is 2. The molecule has 1 aromatic heterocycles. The molecule has 0 aliphatic rings. The minimum atomic E-state index is -3.76. The zero-order valence-corrected chi connectivity index (χ0v) is 13.7. The molecule has 0 unspecified atom stereocenters. The lowest BCUT2D eigenvalue weighted by molar-refractivity contribution is 0.601. The van der Waals surface area contributed by atoms with Crippen LogP contribution in [0, 0.1) is 13.8 Å². The number of nitrogens with zero attached hydrogens (tertiary/aromatic N) is 2. The van der Waals surface area contributed by atoms with Crippen molar-refractivity contribution in [2.75, 3.05) is 10.5 Å². The van der Waals surface area contributed by atoms with Gasteiger partial charge in [0, 0.05) is 11.5 Å². The summed E-state index contributed by atoms with van der Waals surface area (Å²) in [4.78, 5) is 0.0366. The van der Waals surface area contributed by atoms with Crippen molar-refractivity contribution in [3.8, 4) is 0 Å². The molecule has 3 N–H and O–H groups in total. The van der Waals surface area contributed by atoms with Crippen molar-refractivity contribution in [2.45, 2.75) is 18.7 Å². The van der Waals surface area contributed by atoms with Crippen LogP contribution in [0.3, 0.4) is 0 Å². The molecule has 8 heteroatoms.